The van der Waals surface area contributed by atoms with Gasteiger partial charge < -0.3 is 20.1 Å². The van der Waals surface area contributed by atoms with Crippen LogP contribution in [0, 0.1) is 0 Å². The molecule has 0 aromatic carbocycles. The number of nitrogens with zero attached hydrogens (tertiary/aromatic N) is 3. The van der Waals surface area contributed by atoms with E-state index in [0.717, 1.165) is 12.4 Å². The molecule has 0 radical (unpaired) electrons. The van der Waals surface area contributed by atoms with Crippen molar-refractivity contribution in [2.24, 2.45) is 5.73 Å². The summed E-state index contributed by atoms with van der Waals surface area (Å²) >= 11 is 0. The molecule has 6 heteroatoms. The third-order valence-electron chi connectivity index (χ3n) is 2.18. The summed E-state index contributed by atoms with van der Waals surface area (Å²) < 4.78 is 10.8. The lowest BCUT2D eigenvalue weighted by molar-refractivity contribution is 0.148. The van der Waals surface area contributed by atoms with Gasteiger partial charge in [0.2, 0.25) is 5.88 Å². The number of anilines is 1. The van der Waals surface area contributed by atoms with Crippen LogP contribution in [0.15, 0.2) is 12.4 Å². The van der Waals surface area contributed by atoms with E-state index in [9.17, 15) is 0 Å². The minimum Gasteiger partial charge on any atom is -0.474 e. The van der Waals surface area contributed by atoms with Crippen molar-refractivity contribution in [2.45, 2.75) is 20.0 Å². The fraction of sp³-hybridized carbons (Fsp3) is 0.667. The molecule has 0 aliphatic rings. The highest BCUT2D eigenvalue weighted by Crippen LogP contribution is 2.13. The lowest BCUT2D eigenvalue weighted by atomic mass is 10.5. The summed E-state index contributed by atoms with van der Waals surface area (Å²) in [4.78, 5) is 10.5. The Labute approximate surface area is 108 Å². The molecule has 1 aromatic heterocycles. The first-order valence-electron chi connectivity index (χ1n) is 6.11. The van der Waals surface area contributed by atoms with Gasteiger partial charge in [0, 0.05) is 20.1 Å². The topological polar surface area (TPSA) is 73.5 Å². The van der Waals surface area contributed by atoms with Crippen LogP contribution in [0.5, 0.6) is 5.88 Å². The number of ether oxygens (including phenoxy) is 2. The van der Waals surface area contributed by atoms with E-state index in [0.29, 0.717) is 25.6 Å². The normalized spacial score (nSPS) is 10.7. The summed E-state index contributed by atoms with van der Waals surface area (Å²) in [7, 11) is 1.94. The Balaban J connectivity index is 2.48. The molecule has 1 heterocycles. The fourth-order valence-electron chi connectivity index (χ4n) is 1.32. The van der Waals surface area contributed by atoms with Gasteiger partial charge in [-0.3, -0.25) is 4.98 Å². The minimum absolute atomic E-state index is 0.0905. The highest BCUT2D eigenvalue weighted by molar-refractivity contribution is 5.36. The summed E-state index contributed by atoms with van der Waals surface area (Å²) in [5, 5.41) is 0. The molecule has 0 amide bonds. The van der Waals surface area contributed by atoms with Gasteiger partial charge in [-0.15, -0.1) is 0 Å². The summed E-state index contributed by atoms with van der Waals surface area (Å²) in [6.45, 7) is 6.39. The molecule has 0 fully saturated rings. The van der Waals surface area contributed by atoms with Crippen LogP contribution in [0.25, 0.3) is 0 Å². The van der Waals surface area contributed by atoms with Crippen LogP contribution in [0.1, 0.15) is 13.8 Å². The number of likely N-dealkylation sites (N-methyl/N-ethyl adjacent to an activating group) is 1. The maximum absolute atomic E-state index is 5.50. The molecule has 0 saturated carbocycles. The van der Waals surface area contributed by atoms with Crippen molar-refractivity contribution < 1.29 is 9.47 Å². The van der Waals surface area contributed by atoms with Crippen LogP contribution in [0.2, 0.25) is 0 Å². The molecule has 0 atom stereocenters. The highest BCUT2D eigenvalue weighted by Gasteiger charge is 2.06. The molecular formula is C12H22N4O2. The quantitative estimate of drug-likeness (QED) is 0.688. The van der Waals surface area contributed by atoms with Gasteiger partial charge in [-0.25, -0.2) is 0 Å². The zero-order chi connectivity index (χ0) is 13.4. The van der Waals surface area contributed by atoms with Crippen molar-refractivity contribution in [3.05, 3.63) is 12.4 Å². The first-order chi connectivity index (χ1) is 8.63. The Morgan fingerprint density at radius 2 is 2.11 bits per heavy atom. The standard InChI is InChI=1S/C12H22N4O2/c1-10(2)18-12-9-14-8-11(15-12)16(3)5-7-17-6-4-13/h8-10H,4-7,13H2,1-3H3. The minimum atomic E-state index is 0.0905. The van der Waals surface area contributed by atoms with E-state index in [1.165, 1.54) is 0 Å². The lowest BCUT2D eigenvalue weighted by Crippen LogP contribution is -2.25. The molecule has 1 aromatic rings. The van der Waals surface area contributed by atoms with Gasteiger partial charge in [0.1, 0.15) is 0 Å². The highest BCUT2D eigenvalue weighted by atomic mass is 16.5. The third kappa shape index (κ3) is 5.29. The number of rotatable bonds is 8. The van der Waals surface area contributed by atoms with Gasteiger partial charge in [-0.05, 0) is 13.8 Å². The predicted molar refractivity (Wildman–Crippen MR) is 70.9 cm³/mol. The Kier molecular flexibility index (Phi) is 6.38. The lowest BCUT2D eigenvalue weighted by Gasteiger charge is -2.18. The first kappa shape index (κ1) is 14.7. The van der Waals surface area contributed by atoms with E-state index in [-0.39, 0.29) is 6.10 Å². The van der Waals surface area contributed by atoms with Gasteiger partial charge >= 0.3 is 0 Å². The van der Waals surface area contributed by atoms with Gasteiger partial charge in [0.25, 0.3) is 0 Å². The second kappa shape index (κ2) is 7.84. The average Bonchev–Trinajstić information content (AvgIpc) is 2.34. The van der Waals surface area contributed by atoms with Crippen LogP contribution in [0.3, 0.4) is 0 Å². The number of aromatic nitrogens is 2. The van der Waals surface area contributed by atoms with Gasteiger partial charge in [0.05, 0.1) is 31.7 Å². The Morgan fingerprint density at radius 1 is 1.33 bits per heavy atom. The van der Waals surface area contributed by atoms with Crippen LogP contribution >= 0.6 is 0 Å². The van der Waals surface area contributed by atoms with E-state index in [1.54, 1.807) is 12.4 Å². The second-order valence-electron chi connectivity index (χ2n) is 4.20. The summed E-state index contributed by atoms with van der Waals surface area (Å²) in [6.07, 6.45) is 3.41. The second-order valence-corrected chi connectivity index (χ2v) is 4.20. The number of hydrogen-bond acceptors (Lipinski definition) is 6. The van der Waals surface area contributed by atoms with Crippen LogP contribution in [0.4, 0.5) is 5.82 Å². The average molecular weight is 254 g/mol. The van der Waals surface area contributed by atoms with E-state index in [4.69, 9.17) is 15.2 Å². The van der Waals surface area contributed by atoms with Crippen LogP contribution in [-0.2, 0) is 4.74 Å². The van der Waals surface area contributed by atoms with E-state index in [2.05, 4.69) is 9.97 Å². The molecule has 6 nitrogen and oxygen atoms in total. The molecule has 0 aliphatic heterocycles. The van der Waals surface area contributed by atoms with Crippen molar-refractivity contribution in [1.29, 1.82) is 0 Å². The maximum Gasteiger partial charge on any atom is 0.234 e. The summed E-state index contributed by atoms with van der Waals surface area (Å²) in [6, 6.07) is 0. The smallest absolute Gasteiger partial charge is 0.234 e. The van der Waals surface area contributed by atoms with Gasteiger partial charge in [0.15, 0.2) is 5.82 Å². The predicted octanol–water partition coefficient (Wildman–Crippen LogP) is 0.675. The molecule has 1 rings (SSSR count). The van der Waals surface area contributed by atoms with E-state index < -0.39 is 0 Å². The first-order valence-corrected chi connectivity index (χ1v) is 6.11. The van der Waals surface area contributed by atoms with Crippen molar-refractivity contribution in [3.63, 3.8) is 0 Å². The molecule has 0 spiro atoms. The van der Waals surface area contributed by atoms with Crippen LogP contribution in [-0.4, -0.2) is 49.4 Å². The summed E-state index contributed by atoms with van der Waals surface area (Å²) in [5.41, 5.74) is 5.35. The Bertz CT molecular complexity index is 347. The molecule has 0 unspecified atom stereocenters. The van der Waals surface area contributed by atoms with Crippen molar-refractivity contribution >= 4 is 5.82 Å². The molecule has 102 valence electrons. The zero-order valence-corrected chi connectivity index (χ0v) is 11.3. The molecular weight excluding hydrogens is 232 g/mol. The Morgan fingerprint density at radius 3 is 2.78 bits per heavy atom. The van der Waals surface area contributed by atoms with Crippen LogP contribution < -0.4 is 15.4 Å². The van der Waals surface area contributed by atoms with Gasteiger partial charge in [-0.2, -0.15) is 4.98 Å². The zero-order valence-electron chi connectivity index (χ0n) is 11.3. The molecule has 0 bridgehead atoms. The molecule has 18 heavy (non-hydrogen) atoms. The molecule has 2 N–H and O–H groups in total. The molecule has 0 aliphatic carbocycles. The van der Waals surface area contributed by atoms with Gasteiger partial charge in [-0.1, -0.05) is 0 Å². The number of hydrogen-bond donors (Lipinski definition) is 1. The monoisotopic (exact) mass is 254 g/mol. The Hall–Kier alpha value is -1.40. The molecule has 0 saturated heterocycles. The summed E-state index contributed by atoms with van der Waals surface area (Å²) in [5.74, 6) is 1.31. The van der Waals surface area contributed by atoms with E-state index in [1.807, 2.05) is 25.8 Å². The van der Waals surface area contributed by atoms with E-state index >= 15 is 0 Å². The number of nitrogens with two attached hydrogens (primary N) is 1. The van der Waals surface area contributed by atoms with Crippen molar-refractivity contribution in [2.75, 3.05) is 38.3 Å². The maximum atomic E-state index is 5.50. The SMILES string of the molecule is CC(C)Oc1cncc(N(C)CCOCCN)n1. The largest absolute Gasteiger partial charge is 0.474 e. The van der Waals surface area contributed by atoms with Crippen molar-refractivity contribution in [1.82, 2.24) is 9.97 Å². The third-order valence-corrected chi connectivity index (χ3v) is 2.18. The fourth-order valence-corrected chi connectivity index (χ4v) is 1.32. The van der Waals surface area contributed by atoms with Crippen molar-refractivity contribution in [3.8, 4) is 5.88 Å².